The molecule has 0 aromatic carbocycles. The zero-order chi connectivity index (χ0) is 13.8. The van der Waals surface area contributed by atoms with E-state index in [-0.39, 0.29) is 16.4 Å². The highest BCUT2D eigenvalue weighted by Crippen LogP contribution is 2.52. The summed E-state index contributed by atoms with van der Waals surface area (Å²) >= 11 is 6.14. The Bertz CT molecular complexity index is 619. The molecule has 3 rings (SSSR count). The summed E-state index contributed by atoms with van der Waals surface area (Å²) in [4.78, 5) is 27.4. The SMILES string of the molecule is Nc1nc(Cl)c2n(c1=O)[C@H](C(=O)O)CC21CCCC1. The molecule has 19 heavy (non-hydrogen) atoms. The number of nitrogens with two attached hydrogens (primary N) is 1. The molecule has 6 nitrogen and oxygen atoms in total. The number of carboxylic acid groups (broad SMARTS) is 1. The summed E-state index contributed by atoms with van der Waals surface area (Å²) < 4.78 is 1.25. The first kappa shape index (κ1) is 12.5. The van der Waals surface area contributed by atoms with Gasteiger partial charge in [-0.25, -0.2) is 9.78 Å². The molecule has 1 aliphatic heterocycles. The van der Waals surface area contributed by atoms with Gasteiger partial charge in [0.25, 0.3) is 5.56 Å². The lowest BCUT2D eigenvalue weighted by molar-refractivity contribution is -0.141. The van der Waals surface area contributed by atoms with Crippen molar-refractivity contribution in [2.24, 2.45) is 0 Å². The van der Waals surface area contributed by atoms with Gasteiger partial charge in [0.1, 0.15) is 6.04 Å². The van der Waals surface area contributed by atoms with E-state index in [1.165, 1.54) is 4.57 Å². The standard InChI is InChI=1S/C12H14ClN3O3/c13-8-7-12(3-1-2-4-12)5-6(11(18)19)16(7)10(17)9(14)15-8/h6H,1-5H2,(H2,14,15)(H,18,19)/t6-/m0/s1. The van der Waals surface area contributed by atoms with Crippen molar-refractivity contribution < 1.29 is 9.90 Å². The number of rotatable bonds is 1. The minimum atomic E-state index is -1.02. The molecule has 1 saturated carbocycles. The Labute approximate surface area is 114 Å². The molecule has 0 amide bonds. The molecule has 7 heteroatoms. The topological polar surface area (TPSA) is 98.2 Å². The third-order valence-corrected chi connectivity index (χ3v) is 4.60. The van der Waals surface area contributed by atoms with Crippen molar-refractivity contribution in [3.8, 4) is 0 Å². The third kappa shape index (κ3) is 1.59. The summed E-state index contributed by atoms with van der Waals surface area (Å²) in [5.41, 5.74) is 5.22. The fourth-order valence-corrected chi connectivity index (χ4v) is 3.93. The molecule has 2 heterocycles. The molecular weight excluding hydrogens is 270 g/mol. The summed E-state index contributed by atoms with van der Waals surface area (Å²) in [5.74, 6) is -1.26. The number of nitrogen functional groups attached to an aromatic ring is 1. The fraction of sp³-hybridized carbons (Fsp3) is 0.583. The number of fused-ring (bicyclic) bond motifs is 2. The van der Waals surface area contributed by atoms with Crippen molar-refractivity contribution in [1.82, 2.24) is 9.55 Å². The first-order valence-corrected chi connectivity index (χ1v) is 6.65. The molecule has 1 aromatic heterocycles. The van der Waals surface area contributed by atoms with E-state index in [4.69, 9.17) is 17.3 Å². The van der Waals surface area contributed by atoms with E-state index in [9.17, 15) is 14.7 Å². The lowest BCUT2D eigenvalue weighted by Gasteiger charge is -2.23. The van der Waals surface area contributed by atoms with E-state index < -0.39 is 17.6 Å². The summed E-state index contributed by atoms with van der Waals surface area (Å²) in [6, 6.07) is -0.886. The summed E-state index contributed by atoms with van der Waals surface area (Å²) in [6.07, 6.45) is 4.13. The Hall–Kier alpha value is -1.56. The van der Waals surface area contributed by atoms with Gasteiger partial charge >= 0.3 is 5.97 Å². The third-order valence-electron chi connectivity index (χ3n) is 4.34. The smallest absolute Gasteiger partial charge is 0.326 e. The van der Waals surface area contributed by atoms with E-state index in [1.807, 2.05) is 0 Å². The quantitative estimate of drug-likeness (QED) is 0.810. The van der Waals surface area contributed by atoms with Gasteiger partial charge in [-0.05, 0) is 19.3 Å². The van der Waals surface area contributed by atoms with Crippen LogP contribution in [0.1, 0.15) is 43.8 Å². The second-order valence-corrected chi connectivity index (χ2v) is 5.72. The Morgan fingerprint density at radius 1 is 1.47 bits per heavy atom. The van der Waals surface area contributed by atoms with Gasteiger partial charge in [-0.15, -0.1) is 0 Å². The molecule has 3 N–H and O–H groups in total. The zero-order valence-electron chi connectivity index (χ0n) is 10.2. The Balaban J connectivity index is 2.31. The van der Waals surface area contributed by atoms with Gasteiger partial charge in [0, 0.05) is 5.41 Å². The number of aliphatic carboxylic acids is 1. The second kappa shape index (κ2) is 3.96. The van der Waals surface area contributed by atoms with Crippen LogP contribution in [0.15, 0.2) is 4.79 Å². The predicted octanol–water partition coefficient (Wildman–Crippen LogP) is 1.32. The van der Waals surface area contributed by atoms with Crippen LogP contribution in [-0.2, 0) is 10.2 Å². The van der Waals surface area contributed by atoms with Crippen LogP contribution in [0.5, 0.6) is 0 Å². The van der Waals surface area contributed by atoms with Crippen LogP contribution in [0.2, 0.25) is 5.15 Å². The number of hydrogen-bond donors (Lipinski definition) is 2. The molecule has 0 unspecified atom stereocenters. The number of anilines is 1. The molecule has 1 aliphatic carbocycles. The van der Waals surface area contributed by atoms with Crippen molar-refractivity contribution in [3.63, 3.8) is 0 Å². The average Bonchev–Trinajstić information content (AvgIpc) is 2.93. The second-order valence-electron chi connectivity index (χ2n) is 5.36. The lowest BCUT2D eigenvalue weighted by Crippen LogP contribution is -2.31. The normalized spacial score (nSPS) is 23.7. The molecule has 1 atom stereocenters. The largest absolute Gasteiger partial charge is 0.480 e. The van der Waals surface area contributed by atoms with Gasteiger partial charge in [0.2, 0.25) is 0 Å². The van der Waals surface area contributed by atoms with Gasteiger partial charge in [0.15, 0.2) is 11.0 Å². The number of hydrogen-bond acceptors (Lipinski definition) is 4. The summed E-state index contributed by atoms with van der Waals surface area (Å²) in [6.45, 7) is 0. The van der Waals surface area contributed by atoms with Crippen LogP contribution in [0.3, 0.4) is 0 Å². The highest BCUT2D eigenvalue weighted by atomic mass is 35.5. The molecule has 1 spiro atoms. The van der Waals surface area contributed by atoms with Crippen molar-refractivity contribution in [1.29, 1.82) is 0 Å². The highest BCUT2D eigenvalue weighted by Gasteiger charge is 2.50. The average molecular weight is 284 g/mol. The van der Waals surface area contributed by atoms with E-state index >= 15 is 0 Å². The van der Waals surface area contributed by atoms with Gasteiger partial charge < -0.3 is 10.8 Å². The van der Waals surface area contributed by atoms with E-state index in [0.29, 0.717) is 12.1 Å². The maximum atomic E-state index is 12.1. The number of nitrogens with zero attached hydrogens (tertiary/aromatic N) is 2. The van der Waals surface area contributed by atoms with Crippen molar-refractivity contribution in [2.75, 3.05) is 5.73 Å². The zero-order valence-corrected chi connectivity index (χ0v) is 11.0. The summed E-state index contributed by atoms with van der Waals surface area (Å²) in [7, 11) is 0. The Morgan fingerprint density at radius 2 is 2.11 bits per heavy atom. The van der Waals surface area contributed by atoms with Gasteiger partial charge in [-0.1, -0.05) is 24.4 Å². The number of halogens is 1. The minimum Gasteiger partial charge on any atom is -0.480 e. The molecule has 2 aliphatic rings. The predicted molar refractivity (Wildman–Crippen MR) is 69.4 cm³/mol. The highest BCUT2D eigenvalue weighted by molar-refractivity contribution is 6.30. The van der Waals surface area contributed by atoms with E-state index in [1.54, 1.807) is 0 Å². The molecule has 1 aromatic rings. The monoisotopic (exact) mass is 283 g/mol. The van der Waals surface area contributed by atoms with Crippen LogP contribution in [0.25, 0.3) is 0 Å². The van der Waals surface area contributed by atoms with Crippen molar-refractivity contribution >= 4 is 23.4 Å². The van der Waals surface area contributed by atoms with E-state index in [2.05, 4.69) is 4.98 Å². The number of aromatic nitrogens is 2. The fourth-order valence-electron chi connectivity index (χ4n) is 3.55. The molecule has 1 fully saturated rings. The Morgan fingerprint density at radius 3 is 2.68 bits per heavy atom. The first-order chi connectivity index (χ1) is 8.96. The minimum absolute atomic E-state index is 0.169. The Kier molecular flexibility index (Phi) is 2.60. The molecular formula is C12H14ClN3O3. The molecule has 0 bridgehead atoms. The van der Waals surface area contributed by atoms with Gasteiger partial charge in [0.05, 0.1) is 5.69 Å². The van der Waals surface area contributed by atoms with Crippen molar-refractivity contribution in [2.45, 2.75) is 43.6 Å². The van der Waals surface area contributed by atoms with Crippen molar-refractivity contribution in [3.05, 3.63) is 21.2 Å². The maximum Gasteiger partial charge on any atom is 0.326 e. The van der Waals surface area contributed by atoms with Crippen LogP contribution >= 0.6 is 11.6 Å². The van der Waals surface area contributed by atoms with Crippen LogP contribution in [-0.4, -0.2) is 20.6 Å². The maximum absolute atomic E-state index is 12.1. The summed E-state index contributed by atoms with van der Waals surface area (Å²) in [5, 5.41) is 9.52. The van der Waals surface area contributed by atoms with E-state index in [0.717, 1.165) is 25.7 Å². The lowest BCUT2D eigenvalue weighted by atomic mass is 9.80. The van der Waals surface area contributed by atoms with Gasteiger partial charge in [-0.3, -0.25) is 9.36 Å². The van der Waals surface area contributed by atoms with Crippen LogP contribution in [0, 0.1) is 0 Å². The number of carbonyl (C=O) groups is 1. The van der Waals surface area contributed by atoms with Crippen LogP contribution in [0.4, 0.5) is 5.82 Å². The van der Waals surface area contributed by atoms with Crippen LogP contribution < -0.4 is 11.3 Å². The molecule has 0 radical (unpaired) electrons. The number of carboxylic acids is 1. The molecule has 0 saturated heterocycles. The molecule has 102 valence electrons. The van der Waals surface area contributed by atoms with Gasteiger partial charge in [-0.2, -0.15) is 0 Å². The first-order valence-electron chi connectivity index (χ1n) is 6.27.